The Morgan fingerprint density at radius 3 is 2.50 bits per heavy atom. The number of benzene rings is 1. The predicted octanol–water partition coefficient (Wildman–Crippen LogP) is 1.34. The van der Waals surface area contributed by atoms with E-state index in [1.165, 1.54) is 12.1 Å². The zero-order chi connectivity index (χ0) is 10.1. The molecule has 0 saturated carbocycles. The Morgan fingerprint density at radius 2 is 2.00 bits per heavy atom. The van der Waals surface area contributed by atoms with Crippen LogP contribution in [-0.4, -0.2) is 6.17 Å². The van der Waals surface area contributed by atoms with Crippen LogP contribution in [0.25, 0.3) is 0 Å². The first-order chi connectivity index (χ1) is 6.66. The van der Waals surface area contributed by atoms with Gasteiger partial charge in [0.25, 0.3) is 0 Å². The maximum Gasteiger partial charge on any atom is 0.123 e. The van der Waals surface area contributed by atoms with Gasteiger partial charge in [0.1, 0.15) is 5.82 Å². The van der Waals surface area contributed by atoms with Crippen molar-refractivity contribution < 1.29 is 4.39 Å². The van der Waals surface area contributed by atoms with E-state index >= 15 is 0 Å². The lowest BCUT2D eigenvalue weighted by Gasteiger charge is -2.21. The van der Waals surface area contributed by atoms with Crippen molar-refractivity contribution in [3.63, 3.8) is 0 Å². The molecule has 0 spiro atoms. The second-order valence-electron chi connectivity index (χ2n) is 3.27. The fraction of sp³-hybridized carbons (Fsp3) is 0.200. The third kappa shape index (κ3) is 1.62. The van der Waals surface area contributed by atoms with Crippen LogP contribution in [0.5, 0.6) is 0 Å². The summed E-state index contributed by atoms with van der Waals surface area (Å²) in [6.45, 7) is 1.95. The van der Waals surface area contributed by atoms with Crippen LogP contribution < -0.4 is 16.2 Å². The number of rotatable bonds is 1. The summed E-state index contributed by atoms with van der Waals surface area (Å²) in [5, 5.41) is 1.84. The van der Waals surface area contributed by atoms with Crippen LogP contribution in [0.15, 0.2) is 36.0 Å². The Balaban J connectivity index is 2.25. The molecule has 14 heavy (non-hydrogen) atoms. The Bertz CT molecular complexity index is 358. The average Bonchev–Trinajstić information content (AvgIpc) is 2.47. The fourth-order valence-electron chi connectivity index (χ4n) is 1.49. The smallest absolute Gasteiger partial charge is 0.123 e. The summed E-state index contributed by atoms with van der Waals surface area (Å²) in [5.74, 6) is -0.237. The molecule has 1 aliphatic rings. The van der Waals surface area contributed by atoms with E-state index in [2.05, 4.69) is 5.43 Å². The van der Waals surface area contributed by atoms with Gasteiger partial charge in [-0.2, -0.15) is 0 Å². The summed E-state index contributed by atoms with van der Waals surface area (Å²) in [4.78, 5) is 0. The van der Waals surface area contributed by atoms with Gasteiger partial charge >= 0.3 is 0 Å². The quantitative estimate of drug-likeness (QED) is 0.707. The van der Waals surface area contributed by atoms with E-state index in [0.29, 0.717) is 0 Å². The van der Waals surface area contributed by atoms with Gasteiger partial charge in [0, 0.05) is 5.70 Å². The molecule has 1 aliphatic heterocycles. The van der Waals surface area contributed by atoms with Crippen LogP contribution in [0, 0.1) is 5.82 Å². The van der Waals surface area contributed by atoms with Gasteiger partial charge in [-0.3, -0.25) is 5.01 Å². The van der Waals surface area contributed by atoms with Crippen LogP contribution in [-0.2, 0) is 0 Å². The fourth-order valence-corrected chi connectivity index (χ4v) is 1.49. The van der Waals surface area contributed by atoms with Crippen LogP contribution in [0.4, 0.5) is 10.1 Å². The maximum absolute atomic E-state index is 12.7. The van der Waals surface area contributed by atoms with Crippen molar-refractivity contribution in [3.05, 3.63) is 41.9 Å². The normalized spacial score (nSPS) is 21.2. The van der Waals surface area contributed by atoms with Gasteiger partial charge in [-0.1, -0.05) is 0 Å². The third-order valence-electron chi connectivity index (χ3n) is 2.14. The zero-order valence-corrected chi connectivity index (χ0v) is 7.87. The lowest BCUT2D eigenvalue weighted by atomic mass is 10.3. The van der Waals surface area contributed by atoms with E-state index in [4.69, 9.17) is 5.73 Å². The van der Waals surface area contributed by atoms with Gasteiger partial charge in [0.2, 0.25) is 0 Å². The molecule has 1 aromatic rings. The number of nitrogens with one attached hydrogen (secondary N) is 1. The highest BCUT2D eigenvalue weighted by molar-refractivity contribution is 5.52. The number of hydrogen-bond acceptors (Lipinski definition) is 3. The molecule has 0 bridgehead atoms. The van der Waals surface area contributed by atoms with Crippen LogP contribution in [0.1, 0.15) is 6.92 Å². The Morgan fingerprint density at radius 1 is 1.36 bits per heavy atom. The Labute approximate surface area is 82.0 Å². The van der Waals surface area contributed by atoms with E-state index in [1.807, 2.05) is 18.0 Å². The molecule has 0 fully saturated rings. The molecular weight excluding hydrogens is 181 g/mol. The van der Waals surface area contributed by atoms with Crippen LogP contribution >= 0.6 is 0 Å². The van der Waals surface area contributed by atoms with Crippen LogP contribution in [0.3, 0.4) is 0 Å². The number of hydrogen-bond donors (Lipinski definition) is 2. The predicted molar refractivity (Wildman–Crippen MR) is 53.7 cm³/mol. The molecule has 1 aromatic carbocycles. The highest BCUT2D eigenvalue weighted by Crippen LogP contribution is 2.20. The minimum Gasteiger partial charge on any atom is -0.311 e. The molecule has 1 heterocycles. The van der Waals surface area contributed by atoms with Crippen molar-refractivity contribution >= 4 is 5.69 Å². The number of hydrazine groups is 1. The summed E-state index contributed by atoms with van der Waals surface area (Å²) in [6, 6.07) is 6.26. The van der Waals surface area contributed by atoms with Gasteiger partial charge in [0.15, 0.2) is 0 Å². The first-order valence-corrected chi connectivity index (χ1v) is 4.43. The SMILES string of the molecule is CC1=CC(N)NN1c1ccc(F)cc1. The van der Waals surface area contributed by atoms with Gasteiger partial charge < -0.3 is 5.73 Å². The molecule has 4 heteroatoms. The van der Waals surface area contributed by atoms with Crippen molar-refractivity contribution in [2.45, 2.75) is 13.1 Å². The van der Waals surface area contributed by atoms with Gasteiger partial charge in [0.05, 0.1) is 11.9 Å². The largest absolute Gasteiger partial charge is 0.311 e. The first-order valence-electron chi connectivity index (χ1n) is 4.43. The monoisotopic (exact) mass is 193 g/mol. The second-order valence-corrected chi connectivity index (χ2v) is 3.27. The van der Waals surface area contributed by atoms with E-state index in [9.17, 15) is 4.39 Å². The molecule has 3 nitrogen and oxygen atoms in total. The van der Waals surface area contributed by atoms with Gasteiger partial charge in [-0.15, -0.1) is 0 Å². The first kappa shape index (κ1) is 9.18. The second kappa shape index (κ2) is 3.40. The molecule has 74 valence electrons. The minimum absolute atomic E-state index is 0.167. The van der Waals surface area contributed by atoms with E-state index < -0.39 is 0 Å². The zero-order valence-electron chi connectivity index (χ0n) is 7.87. The summed E-state index contributed by atoms with van der Waals surface area (Å²) >= 11 is 0. The number of allylic oxidation sites excluding steroid dienone is 1. The molecule has 0 aromatic heterocycles. The summed E-state index contributed by atoms with van der Waals surface area (Å²) < 4.78 is 12.7. The number of anilines is 1. The Hall–Kier alpha value is -1.39. The van der Waals surface area contributed by atoms with Crippen molar-refractivity contribution in [1.29, 1.82) is 0 Å². The van der Waals surface area contributed by atoms with Crippen molar-refractivity contribution in [2.75, 3.05) is 5.01 Å². The van der Waals surface area contributed by atoms with E-state index in [1.54, 1.807) is 12.1 Å². The van der Waals surface area contributed by atoms with Crippen LogP contribution in [0.2, 0.25) is 0 Å². The van der Waals surface area contributed by atoms with Gasteiger partial charge in [-0.25, -0.2) is 9.82 Å². The summed E-state index contributed by atoms with van der Waals surface area (Å²) in [6.07, 6.45) is 1.74. The summed E-state index contributed by atoms with van der Waals surface area (Å²) in [7, 11) is 0. The minimum atomic E-state index is -0.237. The molecule has 3 N–H and O–H groups in total. The lowest BCUT2D eigenvalue weighted by Crippen LogP contribution is -2.41. The number of nitrogens with two attached hydrogens (primary N) is 1. The average molecular weight is 193 g/mol. The highest BCUT2D eigenvalue weighted by Gasteiger charge is 2.17. The molecule has 2 rings (SSSR count). The topological polar surface area (TPSA) is 41.3 Å². The molecule has 0 radical (unpaired) electrons. The van der Waals surface area contributed by atoms with E-state index in [0.717, 1.165) is 11.4 Å². The van der Waals surface area contributed by atoms with Crippen molar-refractivity contribution in [1.82, 2.24) is 5.43 Å². The molecule has 0 amide bonds. The Kier molecular flexibility index (Phi) is 2.23. The molecule has 1 atom stereocenters. The lowest BCUT2D eigenvalue weighted by molar-refractivity contribution is 0.625. The third-order valence-corrected chi connectivity index (χ3v) is 2.14. The molecule has 0 saturated heterocycles. The molecular formula is C10H12FN3. The van der Waals surface area contributed by atoms with Gasteiger partial charge in [-0.05, 0) is 37.3 Å². The highest BCUT2D eigenvalue weighted by atomic mass is 19.1. The van der Waals surface area contributed by atoms with Crippen molar-refractivity contribution in [3.8, 4) is 0 Å². The maximum atomic E-state index is 12.7. The molecule has 1 unspecified atom stereocenters. The summed E-state index contributed by atoms with van der Waals surface area (Å²) in [5.41, 5.74) is 10.6. The number of nitrogens with zero attached hydrogens (tertiary/aromatic N) is 1. The molecule has 0 aliphatic carbocycles. The standard InChI is InChI=1S/C10H12FN3/c1-7-6-10(12)13-14(7)9-4-2-8(11)3-5-9/h2-6,10,13H,12H2,1H3. The van der Waals surface area contributed by atoms with Crippen molar-refractivity contribution in [2.24, 2.45) is 5.73 Å². The van der Waals surface area contributed by atoms with E-state index in [-0.39, 0.29) is 12.0 Å². The number of halogens is 1.